The van der Waals surface area contributed by atoms with Crippen molar-refractivity contribution in [1.82, 2.24) is 0 Å². The van der Waals surface area contributed by atoms with Gasteiger partial charge in [0.25, 0.3) is 0 Å². The highest BCUT2D eigenvalue weighted by atomic mass is 32.2. The summed E-state index contributed by atoms with van der Waals surface area (Å²) in [6.07, 6.45) is 0. The van der Waals surface area contributed by atoms with Gasteiger partial charge < -0.3 is 4.42 Å². The van der Waals surface area contributed by atoms with Crippen LogP contribution in [-0.2, 0) is 10.0 Å². The SMILES string of the molecule is CCS(=O)(=O)Nc1ccc2oc3ccccc3c2c1. The number of rotatable bonds is 3. The van der Waals surface area contributed by atoms with Crippen LogP contribution in [0.3, 0.4) is 0 Å². The summed E-state index contributed by atoms with van der Waals surface area (Å²) < 4.78 is 31.4. The van der Waals surface area contributed by atoms with E-state index in [-0.39, 0.29) is 5.75 Å². The molecule has 0 unspecified atom stereocenters. The Balaban J connectivity index is 2.17. The lowest BCUT2D eigenvalue weighted by Crippen LogP contribution is -2.14. The molecule has 0 amide bonds. The third kappa shape index (κ3) is 2.17. The minimum absolute atomic E-state index is 0.0527. The van der Waals surface area contributed by atoms with Crippen LogP contribution in [0.1, 0.15) is 6.92 Å². The fourth-order valence-electron chi connectivity index (χ4n) is 2.04. The van der Waals surface area contributed by atoms with E-state index in [9.17, 15) is 8.42 Å². The summed E-state index contributed by atoms with van der Waals surface area (Å²) in [6, 6.07) is 13.0. The predicted molar refractivity (Wildman–Crippen MR) is 76.8 cm³/mol. The summed E-state index contributed by atoms with van der Waals surface area (Å²) in [5.74, 6) is 0.0527. The number of hydrogen-bond acceptors (Lipinski definition) is 3. The second-order valence-electron chi connectivity index (χ2n) is 4.31. The van der Waals surface area contributed by atoms with Gasteiger partial charge in [-0.2, -0.15) is 0 Å². The number of fused-ring (bicyclic) bond motifs is 3. The number of anilines is 1. The highest BCUT2D eigenvalue weighted by molar-refractivity contribution is 7.92. The maximum atomic E-state index is 11.6. The van der Waals surface area contributed by atoms with Crippen LogP contribution in [-0.4, -0.2) is 14.2 Å². The molecule has 19 heavy (non-hydrogen) atoms. The standard InChI is InChI=1S/C14H13NO3S/c1-2-19(16,17)15-10-7-8-14-12(9-10)11-5-3-4-6-13(11)18-14/h3-9,15H,2H2,1H3. The Morgan fingerprint density at radius 3 is 2.58 bits per heavy atom. The molecule has 4 nitrogen and oxygen atoms in total. The van der Waals surface area contributed by atoms with Gasteiger partial charge in [-0.15, -0.1) is 0 Å². The van der Waals surface area contributed by atoms with E-state index in [1.165, 1.54) is 0 Å². The van der Waals surface area contributed by atoms with Gasteiger partial charge in [-0.3, -0.25) is 4.72 Å². The summed E-state index contributed by atoms with van der Waals surface area (Å²) in [4.78, 5) is 0. The molecule has 2 aromatic carbocycles. The molecule has 0 atom stereocenters. The Morgan fingerprint density at radius 2 is 1.79 bits per heavy atom. The molecule has 0 aliphatic heterocycles. The molecule has 98 valence electrons. The van der Waals surface area contributed by atoms with Gasteiger partial charge in [0.2, 0.25) is 10.0 Å². The quantitative estimate of drug-likeness (QED) is 0.797. The molecule has 0 saturated heterocycles. The van der Waals surface area contributed by atoms with E-state index in [1.807, 2.05) is 24.3 Å². The normalized spacial score (nSPS) is 12.1. The maximum absolute atomic E-state index is 11.6. The number of hydrogen-bond donors (Lipinski definition) is 1. The number of nitrogens with one attached hydrogen (secondary N) is 1. The van der Waals surface area contributed by atoms with Gasteiger partial charge in [0.15, 0.2) is 0 Å². The first-order valence-electron chi connectivity index (χ1n) is 6.01. The molecular weight excluding hydrogens is 262 g/mol. The third-order valence-corrected chi connectivity index (χ3v) is 4.34. The predicted octanol–water partition coefficient (Wildman–Crippen LogP) is 3.35. The zero-order valence-electron chi connectivity index (χ0n) is 10.4. The minimum Gasteiger partial charge on any atom is -0.456 e. The van der Waals surface area contributed by atoms with Gasteiger partial charge in [-0.25, -0.2) is 8.42 Å². The van der Waals surface area contributed by atoms with Crippen LogP contribution in [0.15, 0.2) is 46.9 Å². The molecule has 0 radical (unpaired) electrons. The highest BCUT2D eigenvalue weighted by Gasteiger charge is 2.10. The Morgan fingerprint density at radius 1 is 1.05 bits per heavy atom. The minimum atomic E-state index is -3.26. The molecule has 0 fully saturated rings. The number of sulfonamides is 1. The molecule has 5 heteroatoms. The van der Waals surface area contributed by atoms with Crippen molar-refractivity contribution < 1.29 is 12.8 Å². The van der Waals surface area contributed by atoms with Crippen LogP contribution >= 0.6 is 0 Å². The van der Waals surface area contributed by atoms with E-state index in [1.54, 1.807) is 25.1 Å². The average Bonchev–Trinajstić information content (AvgIpc) is 2.76. The van der Waals surface area contributed by atoms with E-state index >= 15 is 0 Å². The molecule has 0 aliphatic carbocycles. The Kier molecular flexibility index (Phi) is 2.71. The van der Waals surface area contributed by atoms with Gasteiger partial charge in [-0.05, 0) is 31.2 Å². The summed E-state index contributed by atoms with van der Waals surface area (Å²) in [5.41, 5.74) is 2.11. The lowest BCUT2D eigenvalue weighted by molar-refractivity contribution is 0.602. The molecule has 3 rings (SSSR count). The van der Waals surface area contributed by atoms with Gasteiger partial charge in [0.05, 0.1) is 5.75 Å². The van der Waals surface area contributed by atoms with Gasteiger partial charge >= 0.3 is 0 Å². The summed E-state index contributed by atoms with van der Waals surface area (Å²) >= 11 is 0. The van der Waals surface area contributed by atoms with Crippen molar-refractivity contribution in [3.63, 3.8) is 0 Å². The monoisotopic (exact) mass is 275 g/mol. The molecule has 0 saturated carbocycles. The zero-order chi connectivity index (χ0) is 13.5. The summed E-state index contributed by atoms with van der Waals surface area (Å²) in [6.45, 7) is 1.61. The smallest absolute Gasteiger partial charge is 0.232 e. The second kappa shape index (κ2) is 4.28. The average molecular weight is 275 g/mol. The molecule has 1 N–H and O–H groups in total. The number of para-hydroxylation sites is 1. The van der Waals surface area contributed by atoms with Crippen molar-refractivity contribution in [1.29, 1.82) is 0 Å². The van der Waals surface area contributed by atoms with E-state index in [0.717, 1.165) is 21.9 Å². The summed E-state index contributed by atoms with van der Waals surface area (Å²) in [7, 11) is -3.26. The fourth-order valence-corrected chi connectivity index (χ4v) is 2.67. The van der Waals surface area contributed by atoms with Crippen molar-refractivity contribution >= 4 is 37.6 Å². The first-order valence-corrected chi connectivity index (χ1v) is 7.66. The van der Waals surface area contributed by atoms with Gasteiger partial charge in [-0.1, -0.05) is 18.2 Å². The van der Waals surface area contributed by atoms with Crippen molar-refractivity contribution in [2.24, 2.45) is 0 Å². The van der Waals surface area contributed by atoms with Crippen LogP contribution in [0.2, 0.25) is 0 Å². The zero-order valence-corrected chi connectivity index (χ0v) is 11.2. The first-order chi connectivity index (χ1) is 9.09. The molecular formula is C14H13NO3S. The van der Waals surface area contributed by atoms with E-state index < -0.39 is 10.0 Å². The lowest BCUT2D eigenvalue weighted by Gasteiger charge is -2.05. The first kappa shape index (κ1) is 12.0. The number of furan rings is 1. The molecule has 0 bridgehead atoms. The second-order valence-corrected chi connectivity index (χ2v) is 6.33. The molecule has 1 heterocycles. The van der Waals surface area contributed by atoms with Crippen LogP contribution in [0.25, 0.3) is 21.9 Å². The van der Waals surface area contributed by atoms with Crippen LogP contribution < -0.4 is 4.72 Å². The van der Waals surface area contributed by atoms with Gasteiger partial charge in [0.1, 0.15) is 11.2 Å². The summed E-state index contributed by atoms with van der Waals surface area (Å²) in [5, 5.41) is 1.89. The van der Waals surface area contributed by atoms with Crippen LogP contribution in [0.4, 0.5) is 5.69 Å². The maximum Gasteiger partial charge on any atom is 0.232 e. The van der Waals surface area contributed by atoms with Crippen molar-refractivity contribution in [2.75, 3.05) is 10.5 Å². The Hall–Kier alpha value is -2.01. The van der Waals surface area contributed by atoms with Crippen LogP contribution in [0.5, 0.6) is 0 Å². The van der Waals surface area contributed by atoms with E-state index in [4.69, 9.17) is 4.42 Å². The van der Waals surface area contributed by atoms with Crippen LogP contribution in [0, 0.1) is 0 Å². The lowest BCUT2D eigenvalue weighted by atomic mass is 10.1. The van der Waals surface area contributed by atoms with E-state index in [0.29, 0.717) is 5.69 Å². The molecule has 3 aromatic rings. The van der Waals surface area contributed by atoms with Crippen molar-refractivity contribution in [2.45, 2.75) is 6.92 Å². The molecule has 0 aliphatic rings. The topological polar surface area (TPSA) is 59.3 Å². The molecule has 0 spiro atoms. The Labute approximate surface area is 111 Å². The van der Waals surface area contributed by atoms with E-state index in [2.05, 4.69) is 4.72 Å². The number of benzene rings is 2. The van der Waals surface area contributed by atoms with Crippen molar-refractivity contribution in [3.8, 4) is 0 Å². The van der Waals surface area contributed by atoms with Gasteiger partial charge in [0, 0.05) is 16.5 Å². The Bertz CT molecular complexity index is 849. The highest BCUT2D eigenvalue weighted by Crippen LogP contribution is 2.30. The fraction of sp³-hybridized carbons (Fsp3) is 0.143. The largest absolute Gasteiger partial charge is 0.456 e. The molecule has 1 aromatic heterocycles. The van der Waals surface area contributed by atoms with Crippen molar-refractivity contribution in [3.05, 3.63) is 42.5 Å². The third-order valence-electron chi connectivity index (χ3n) is 3.03.